The second-order valence-electron chi connectivity index (χ2n) is 3.91. The first kappa shape index (κ1) is 14.6. The molecule has 100 valence electrons. The highest BCUT2D eigenvalue weighted by atomic mass is 19.1. The molecule has 0 saturated heterocycles. The lowest BCUT2D eigenvalue weighted by molar-refractivity contribution is -0.142. The van der Waals surface area contributed by atoms with Crippen LogP contribution in [-0.4, -0.2) is 19.1 Å². The topological polar surface area (TPSA) is 38.3 Å². The maximum atomic E-state index is 13.2. The quantitative estimate of drug-likeness (QED) is 0.602. The van der Waals surface area contributed by atoms with Crippen molar-refractivity contribution in [3.05, 3.63) is 35.4 Å². The van der Waals surface area contributed by atoms with Crippen LogP contribution in [0.15, 0.2) is 18.2 Å². The molecule has 0 aliphatic heterocycles. The number of nitrogens with one attached hydrogen (secondary N) is 1. The smallest absolute Gasteiger partial charge is 0.319 e. The molecule has 0 unspecified atom stereocenters. The molecule has 0 bridgehead atoms. The van der Waals surface area contributed by atoms with E-state index in [1.54, 1.807) is 0 Å². The van der Waals surface area contributed by atoms with Crippen LogP contribution in [0.4, 0.5) is 8.78 Å². The fourth-order valence-corrected chi connectivity index (χ4v) is 1.35. The highest BCUT2D eigenvalue weighted by molar-refractivity contribution is 5.71. The van der Waals surface area contributed by atoms with Crippen molar-refractivity contribution < 1.29 is 18.3 Å². The van der Waals surface area contributed by atoms with Crippen molar-refractivity contribution in [2.75, 3.05) is 13.2 Å². The summed E-state index contributed by atoms with van der Waals surface area (Å²) in [6, 6.07) is 3.34. The van der Waals surface area contributed by atoms with Gasteiger partial charge in [-0.1, -0.05) is 19.4 Å². The minimum atomic E-state index is -0.623. The van der Waals surface area contributed by atoms with Crippen molar-refractivity contribution in [3.63, 3.8) is 0 Å². The molecular formula is C13H17F2NO2. The van der Waals surface area contributed by atoms with E-state index in [0.717, 1.165) is 18.9 Å². The number of carbonyl (C=O) groups is 1. The van der Waals surface area contributed by atoms with Crippen molar-refractivity contribution >= 4 is 5.97 Å². The first-order chi connectivity index (χ1) is 8.63. The first-order valence-electron chi connectivity index (χ1n) is 5.93. The normalized spacial score (nSPS) is 10.4. The third kappa shape index (κ3) is 5.23. The summed E-state index contributed by atoms with van der Waals surface area (Å²) in [5, 5.41) is 2.75. The van der Waals surface area contributed by atoms with E-state index >= 15 is 0 Å². The van der Waals surface area contributed by atoms with Gasteiger partial charge in [0.1, 0.15) is 11.6 Å². The van der Waals surface area contributed by atoms with Gasteiger partial charge in [-0.15, -0.1) is 0 Å². The van der Waals surface area contributed by atoms with Crippen LogP contribution in [0.3, 0.4) is 0 Å². The van der Waals surface area contributed by atoms with Crippen LogP contribution < -0.4 is 5.32 Å². The largest absolute Gasteiger partial charge is 0.465 e. The molecule has 0 spiro atoms. The molecule has 0 aliphatic rings. The number of benzene rings is 1. The lowest BCUT2D eigenvalue weighted by Gasteiger charge is -2.06. The monoisotopic (exact) mass is 257 g/mol. The predicted molar refractivity (Wildman–Crippen MR) is 63.9 cm³/mol. The third-order valence-electron chi connectivity index (χ3n) is 2.36. The van der Waals surface area contributed by atoms with Gasteiger partial charge in [0.25, 0.3) is 0 Å². The Balaban J connectivity index is 2.26. The molecule has 0 atom stereocenters. The zero-order valence-electron chi connectivity index (χ0n) is 10.3. The van der Waals surface area contributed by atoms with E-state index in [0.29, 0.717) is 12.2 Å². The average Bonchev–Trinajstić information content (AvgIpc) is 2.32. The van der Waals surface area contributed by atoms with Crippen LogP contribution in [-0.2, 0) is 16.1 Å². The highest BCUT2D eigenvalue weighted by Crippen LogP contribution is 2.08. The molecule has 0 saturated carbocycles. The van der Waals surface area contributed by atoms with Crippen LogP contribution in [0.1, 0.15) is 25.3 Å². The number of carbonyl (C=O) groups excluding carboxylic acids is 1. The average molecular weight is 257 g/mol. The van der Waals surface area contributed by atoms with Crippen molar-refractivity contribution in [2.45, 2.75) is 26.3 Å². The van der Waals surface area contributed by atoms with E-state index in [9.17, 15) is 13.6 Å². The van der Waals surface area contributed by atoms with Gasteiger partial charge in [0.15, 0.2) is 0 Å². The van der Waals surface area contributed by atoms with Crippen LogP contribution in [0.5, 0.6) is 0 Å². The van der Waals surface area contributed by atoms with Gasteiger partial charge in [-0.05, 0) is 12.5 Å². The molecule has 5 heteroatoms. The summed E-state index contributed by atoms with van der Waals surface area (Å²) in [4.78, 5) is 11.2. The van der Waals surface area contributed by atoms with Gasteiger partial charge in [-0.2, -0.15) is 0 Å². The zero-order valence-corrected chi connectivity index (χ0v) is 10.3. The van der Waals surface area contributed by atoms with Gasteiger partial charge < -0.3 is 10.1 Å². The second-order valence-corrected chi connectivity index (χ2v) is 3.91. The molecule has 0 amide bonds. The second kappa shape index (κ2) is 7.76. The minimum absolute atomic E-state index is 0.0144. The summed E-state index contributed by atoms with van der Waals surface area (Å²) in [7, 11) is 0. The van der Waals surface area contributed by atoms with Crippen LogP contribution in [0.25, 0.3) is 0 Å². The molecule has 0 heterocycles. The molecule has 3 nitrogen and oxygen atoms in total. The Kier molecular flexibility index (Phi) is 6.28. The van der Waals surface area contributed by atoms with E-state index in [1.807, 2.05) is 6.92 Å². The molecule has 0 aromatic heterocycles. The standard InChI is InChI=1S/C13H17F2NO2/c1-2-3-6-18-13(17)9-16-8-10-4-5-11(14)7-12(10)15/h4-5,7,16H,2-3,6,8-9H2,1H3. The lowest BCUT2D eigenvalue weighted by atomic mass is 10.2. The van der Waals surface area contributed by atoms with Gasteiger partial charge in [-0.25, -0.2) is 8.78 Å². The van der Waals surface area contributed by atoms with E-state index in [4.69, 9.17) is 4.74 Å². The van der Waals surface area contributed by atoms with Crippen molar-refractivity contribution in [1.29, 1.82) is 0 Å². The Bertz CT molecular complexity index is 397. The summed E-state index contributed by atoms with van der Waals surface area (Å²) in [5.41, 5.74) is 0.317. The molecular weight excluding hydrogens is 240 g/mol. The van der Waals surface area contributed by atoms with Gasteiger partial charge in [0.05, 0.1) is 13.2 Å². The molecule has 1 aromatic carbocycles. The van der Waals surface area contributed by atoms with Crippen molar-refractivity contribution in [1.82, 2.24) is 5.32 Å². The maximum Gasteiger partial charge on any atom is 0.319 e. The summed E-state index contributed by atoms with van der Waals surface area (Å²) >= 11 is 0. The number of halogens is 2. The van der Waals surface area contributed by atoms with Gasteiger partial charge in [0, 0.05) is 18.2 Å². The van der Waals surface area contributed by atoms with Gasteiger partial charge >= 0.3 is 5.97 Å². The fourth-order valence-electron chi connectivity index (χ4n) is 1.35. The Morgan fingerprint density at radius 1 is 1.39 bits per heavy atom. The SMILES string of the molecule is CCCCOC(=O)CNCc1ccc(F)cc1F. The first-order valence-corrected chi connectivity index (χ1v) is 5.93. The van der Waals surface area contributed by atoms with Gasteiger partial charge in [-0.3, -0.25) is 4.79 Å². The van der Waals surface area contributed by atoms with E-state index in [1.165, 1.54) is 12.1 Å². The molecule has 18 heavy (non-hydrogen) atoms. The number of hydrogen-bond donors (Lipinski definition) is 1. The molecule has 0 radical (unpaired) electrons. The van der Waals surface area contributed by atoms with Crippen LogP contribution >= 0.6 is 0 Å². The van der Waals surface area contributed by atoms with Crippen molar-refractivity contribution in [2.24, 2.45) is 0 Å². The molecule has 0 aliphatic carbocycles. The number of hydrogen-bond acceptors (Lipinski definition) is 3. The summed E-state index contributed by atoms with van der Waals surface area (Å²) < 4.78 is 30.8. The summed E-state index contributed by atoms with van der Waals surface area (Å²) in [6.07, 6.45) is 1.79. The number of rotatable bonds is 7. The maximum absolute atomic E-state index is 13.2. The molecule has 0 fully saturated rings. The van der Waals surface area contributed by atoms with Crippen LogP contribution in [0.2, 0.25) is 0 Å². The fraction of sp³-hybridized carbons (Fsp3) is 0.462. The predicted octanol–water partition coefficient (Wildman–Crippen LogP) is 2.40. The van der Waals surface area contributed by atoms with E-state index in [2.05, 4.69) is 5.32 Å². The number of ether oxygens (including phenoxy) is 1. The molecule has 1 rings (SSSR count). The Morgan fingerprint density at radius 3 is 2.83 bits per heavy atom. The number of unbranched alkanes of at least 4 members (excludes halogenated alkanes) is 1. The summed E-state index contributed by atoms with van der Waals surface area (Å²) in [5.74, 6) is -1.61. The summed E-state index contributed by atoms with van der Waals surface area (Å²) in [6.45, 7) is 2.58. The van der Waals surface area contributed by atoms with Gasteiger partial charge in [0.2, 0.25) is 0 Å². The molecule has 1 aromatic rings. The van der Waals surface area contributed by atoms with E-state index < -0.39 is 11.6 Å². The number of esters is 1. The van der Waals surface area contributed by atoms with Crippen molar-refractivity contribution in [3.8, 4) is 0 Å². The Labute approximate surface area is 105 Å². The van der Waals surface area contributed by atoms with Crippen LogP contribution in [0, 0.1) is 11.6 Å². The lowest BCUT2D eigenvalue weighted by Crippen LogP contribution is -2.25. The molecule has 1 N–H and O–H groups in total. The Hall–Kier alpha value is -1.49. The third-order valence-corrected chi connectivity index (χ3v) is 2.36. The highest BCUT2D eigenvalue weighted by Gasteiger charge is 2.05. The Morgan fingerprint density at radius 2 is 2.17 bits per heavy atom. The minimum Gasteiger partial charge on any atom is -0.465 e. The zero-order chi connectivity index (χ0) is 13.4. The van der Waals surface area contributed by atoms with E-state index in [-0.39, 0.29) is 19.1 Å².